The van der Waals surface area contributed by atoms with Gasteiger partial charge in [-0.05, 0) is 6.42 Å². The highest BCUT2D eigenvalue weighted by Crippen LogP contribution is 2.06. The highest BCUT2D eigenvalue weighted by atomic mass is 15.3. The summed E-state index contributed by atoms with van der Waals surface area (Å²) in [6.07, 6.45) is 7.98. The summed E-state index contributed by atoms with van der Waals surface area (Å²) >= 11 is 0. The molecule has 2 heterocycles. The minimum Gasteiger partial charge on any atom is -0.370 e. The molecule has 4 N–H and O–H groups in total. The van der Waals surface area contributed by atoms with Crippen molar-refractivity contribution in [3.63, 3.8) is 0 Å². The number of hydrogen-bond donors (Lipinski definition) is 3. The van der Waals surface area contributed by atoms with Gasteiger partial charge in [0.1, 0.15) is 18.0 Å². The lowest BCUT2D eigenvalue weighted by Crippen LogP contribution is -2.11. The van der Waals surface area contributed by atoms with Crippen LogP contribution in [-0.4, -0.2) is 26.1 Å². The van der Waals surface area contributed by atoms with Crippen LogP contribution < -0.4 is 16.6 Å². The Kier molecular flexibility index (Phi) is 3.87. The Labute approximate surface area is 99.1 Å². The second-order valence-electron chi connectivity index (χ2n) is 3.51. The predicted molar refractivity (Wildman–Crippen MR) is 65.2 cm³/mol. The first kappa shape index (κ1) is 11.3. The molecule has 0 saturated heterocycles. The lowest BCUT2D eigenvalue weighted by molar-refractivity contribution is 0.660. The van der Waals surface area contributed by atoms with E-state index in [1.807, 2.05) is 10.8 Å². The average molecular weight is 233 g/mol. The molecule has 17 heavy (non-hydrogen) atoms. The van der Waals surface area contributed by atoms with E-state index in [0.29, 0.717) is 5.82 Å². The largest absolute Gasteiger partial charge is 0.370 e. The minimum absolute atomic E-state index is 0.595. The van der Waals surface area contributed by atoms with Crippen molar-refractivity contribution in [3.8, 4) is 0 Å². The number of imidazole rings is 1. The lowest BCUT2D eigenvalue weighted by atomic mass is 10.4. The molecule has 0 aromatic carbocycles. The van der Waals surface area contributed by atoms with Crippen molar-refractivity contribution in [1.29, 1.82) is 0 Å². The van der Waals surface area contributed by atoms with E-state index >= 15 is 0 Å². The molecule has 0 atom stereocenters. The summed E-state index contributed by atoms with van der Waals surface area (Å²) in [6.45, 7) is 1.76. The number of rotatable bonds is 6. The first-order chi connectivity index (χ1) is 8.38. The maximum atomic E-state index is 5.26. The standard InChI is InChI=1S/C10H15N7/c11-16-10-6-9(14-7-15-10)13-2-1-4-17-5-3-12-8-17/h3,5-8H,1-2,4,11H2,(H2,13,14,15,16). The van der Waals surface area contributed by atoms with Gasteiger partial charge in [0.05, 0.1) is 6.33 Å². The Morgan fingerprint density at radius 2 is 2.18 bits per heavy atom. The van der Waals surface area contributed by atoms with Gasteiger partial charge in [-0.25, -0.2) is 20.8 Å². The molecule has 0 amide bonds. The normalized spacial score (nSPS) is 10.2. The fraction of sp³-hybridized carbons (Fsp3) is 0.300. The molecule has 7 nitrogen and oxygen atoms in total. The maximum absolute atomic E-state index is 5.26. The molecule has 0 aliphatic heterocycles. The zero-order valence-corrected chi connectivity index (χ0v) is 9.37. The molecule has 0 radical (unpaired) electrons. The van der Waals surface area contributed by atoms with Crippen LogP contribution in [0.3, 0.4) is 0 Å². The van der Waals surface area contributed by atoms with Crippen LogP contribution >= 0.6 is 0 Å². The summed E-state index contributed by atoms with van der Waals surface area (Å²) in [5.74, 6) is 6.62. The van der Waals surface area contributed by atoms with E-state index in [2.05, 4.69) is 25.7 Å². The van der Waals surface area contributed by atoms with Gasteiger partial charge in [0.2, 0.25) is 0 Å². The second kappa shape index (κ2) is 5.80. The van der Waals surface area contributed by atoms with E-state index in [9.17, 15) is 0 Å². The van der Waals surface area contributed by atoms with Gasteiger partial charge in [0.25, 0.3) is 0 Å². The number of nitrogens with zero attached hydrogens (tertiary/aromatic N) is 4. The van der Waals surface area contributed by atoms with Crippen LogP contribution in [0, 0.1) is 0 Å². The number of hydrazine groups is 1. The number of nitrogens with two attached hydrogens (primary N) is 1. The summed E-state index contributed by atoms with van der Waals surface area (Å²) < 4.78 is 2.04. The lowest BCUT2D eigenvalue weighted by Gasteiger charge is -2.06. The van der Waals surface area contributed by atoms with Crippen LogP contribution in [0.5, 0.6) is 0 Å². The first-order valence-electron chi connectivity index (χ1n) is 5.37. The van der Waals surface area contributed by atoms with E-state index < -0.39 is 0 Å². The van der Waals surface area contributed by atoms with Gasteiger partial charge in [-0.3, -0.25) is 0 Å². The minimum atomic E-state index is 0.595. The van der Waals surface area contributed by atoms with Crippen LogP contribution in [0.15, 0.2) is 31.1 Å². The molecule has 2 aromatic rings. The van der Waals surface area contributed by atoms with Crippen molar-refractivity contribution in [1.82, 2.24) is 19.5 Å². The predicted octanol–water partition coefficient (Wildman–Crippen LogP) is 0.461. The second-order valence-corrected chi connectivity index (χ2v) is 3.51. The average Bonchev–Trinajstić information content (AvgIpc) is 2.88. The molecule has 0 bridgehead atoms. The third kappa shape index (κ3) is 3.42. The topological polar surface area (TPSA) is 93.7 Å². The molecule has 0 aliphatic carbocycles. The maximum Gasteiger partial charge on any atom is 0.145 e. The van der Waals surface area contributed by atoms with Gasteiger partial charge in [-0.2, -0.15) is 0 Å². The molecule has 0 spiro atoms. The Bertz CT molecular complexity index is 440. The summed E-state index contributed by atoms with van der Waals surface area (Å²) in [4.78, 5) is 12.0. The van der Waals surface area contributed by atoms with Crippen LogP contribution in [0.2, 0.25) is 0 Å². The molecule has 0 aliphatic rings. The van der Waals surface area contributed by atoms with Crippen LogP contribution in [0.1, 0.15) is 6.42 Å². The molecular formula is C10H15N7. The zero-order valence-electron chi connectivity index (χ0n) is 9.37. The van der Waals surface area contributed by atoms with Crippen molar-refractivity contribution in [2.45, 2.75) is 13.0 Å². The van der Waals surface area contributed by atoms with Crippen molar-refractivity contribution in [2.75, 3.05) is 17.3 Å². The van der Waals surface area contributed by atoms with Crippen LogP contribution in [-0.2, 0) is 6.54 Å². The number of nitrogens with one attached hydrogen (secondary N) is 2. The van der Waals surface area contributed by atoms with Gasteiger partial charge in [-0.15, -0.1) is 0 Å². The molecule has 0 saturated carbocycles. The Balaban J connectivity index is 1.74. The monoisotopic (exact) mass is 233 g/mol. The summed E-state index contributed by atoms with van der Waals surface area (Å²) in [7, 11) is 0. The van der Waals surface area contributed by atoms with E-state index in [4.69, 9.17) is 5.84 Å². The van der Waals surface area contributed by atoms with E-state index in [1.54, 1.807) is 18.6 Å². The zero-order chi connectivity index (χ0) is 11.9. The molecule has 7 heteroatoms. The van der Waals surface area contributed by atoms with E-state index in [-0.39, 0.29) is 0 Å². The molecule has 90 valence electrons. The molecular weight excluding hydrogens is 218 g/mol. The summed E-state index contributed by atoms with van der Waals surface area (Å²) in [6, 6.07) is 1.76. The third-order valence-corrected chi connectivity index (χ3v) is 2.27. The van der Waals surface area contributed by atoms with Gasteiger partial charge in [-0.1, -0.05) is 0 Å². The fourth-order valence-electron chi connectivity index (χ4n) is 1.43. The molecule has 0 unspecified atom stereocenters. The first-order valence-corrected chi connectivity index (χ1v) is 5.37. The Morgan fingerprint density at radius 3 is 2.94 bits per heavy atom. The van der Waals surface area contributed by atoms with Crippen molar-refractivity contribution >= 4 is 11.6 Å². The molecule has 0 fully saturated rings. The number of anilines is 2. The number of hydrogen-bond acceptors (Lipinski definition) is 6. The molecule has 2 aromatic heterocycles. The summed E-state index contributed by atoms with van der Waals surface area (Å²) in [5.41, 5.74) is 2.48. The van der Waals surface area contributed by atoms with Gasteiger partial charge in [0.15, 0.2) is 0 Å². The number of nitrogen functional groups attached to an aromatic ring is 1. The van der Waals surface area contributed by atoms with Crippen LogP contribution in [0.4, 0.5) is 11.6 Å². The highest BCUT2D eigenvalue weighted by molar-refractivity contribution is 5.45. The van der Waals surface area contributed by atoms with Gasteiger partial charge in [0, 0.05) is 31.5 Å². The van der Waals surface area contributed by atoms with Crippen molar-refractivity contribution < 1.29 is 0 Å². The third-order valence-electron chi connectivity index (χ3n) is 2.27. The summed E-state index contributed by atoms with van der Waals surface area (Å²) in [5, 5.41) is 3.20. The molecule has 2 rings (SSSR count). The Morgan fingerprint density at radius 1 is 1.29 bits per heavy atom. The SMILES string of the molecule is NNc1cc(NCCCn2ccnc2)ncn1. The van der Waals surface area contributed by atoms with E-state index in [1.165, 1.54) is 6.33 Å². The van der Waals surface area contributed by atoms with Crippen molar-refractivity contribution in [2.24, 2.45) is 5.84 Å². The highest BCUT2D eigenvalue weighted by Gasteiger charge is 1.96. The number of aryl methyl sites for hydroxylation is 1. The fourth-order valence-corrected chi connectivity index (χ4v) is 1.43. The van der Waals surface area contributed by atoms with Crippen molar-refractivity contribution in [3.05, 3.63) is 31.1 Å². The quantitative estimate of drug-likeness (QED) is 0.381. The van der Waals surface area contributed by atoms with Gasteiger partial charge < -0.3 is 15.3 Å². The van der Waals surface area contributed by atoms with E-state index in [0.717, 1.165) is 25.3 Å². The van der Waals surface area contributed by atoms with Gasteiger partial charge >= 0.3 is 0 Å². The number of aromatic nitrogens is 4. The smallest absolute Gasteiger partial charge is 0.145 e. The Hall–Kier alpha value is -2.15. The van der Waals surface area contributed by atoms with Crippen LogP contribution in [0.25, 0.3) is 0 Å².